The molecule has 1 atom stereocenters. The van der Waals surface area contributed by atoms with E-state index in [2.05, 4.69) is 15.0 Å². The second-order valence-corrected chi connectivity index (χ2v) is 6.74. The first kappa shape index (κ1) is 14.7. The van der Waals surface area contributed by atoms with Crippen molar-refractivity contribution < 1.29 is 4.79 Å². The van der Waals surface area contributed by atoms with Crippen molar-refractivity contribution >= 4 is 52.0 Å². The van der Waals surface area contributed by atoms with Gasteiger partial charge in [-0.05, 0) is 12.1 Å². The molecule has 0 bridgehead atoms. The molecule has 1 aliphatic rings. The molecule has 0 radical (unpaired) electrons. The molecule has 0 saturated carbocycles. The van der Waals surface area contributed by atoms with Gasteiger partial charge in [-0.1, -0.05) is 29.3 Å². The number of thioether (sulfide) groups is 1. The van der Waals surface area contributed by atoms with Gasteiger partial charge in [-0.2, -0.15) is 0 Å². The Morgan fingerprint density at radius 2 is 2.00 bits per heavy atom. The lowest BCUT2D eigenvalue weighted by molar-refractivity contribution is -0.117. The Kier molecular flexibility index (Phi) is 3.63. The molecule has 6 nitrogen and oxygen atoms in total. The van der Waals surface area contributed by atoms with Gasteiger partial charge >= 0.3 is 0 Å². The number of benzene rings is 1. The summed E-state index contributed by atoms with van der Waals surface area (Å²) in [7, 11) is 0. The summed E-state index contributed by atoms with van der Waals surface area (Å²) in [6.45, 7) is 0. The number of aromatic nitrogens is 4. The van der Waals surface area contributed by atoms with Crippen LogP contribution in [0.15, 0.2) is 37.1 Å². The molecular weight excluding hydrogens is 357 g/mol. The van der Waals surface area contributed by atoms with Crippen LogP contribution in [0.1, 0.15) is 10.9 Å². The molecule has 2 aromatic heterocycles. The molecule has 4 rings (SSSR count). The predicted molar refractivity (Wildman–Crippen MR) is 90.2 cm³/mol. The lowest BCUT2D eigenvalue weighted by atomic mass is 10.2. The van der Waals surface area contributed by atoms with Crippen molar-refractivity contribution in [2.24, 2.45) is 0 Å². The summed E-state index contributed by atoms with van der Waals surface area (Å²) >= 11 is 14.1. The highest BCUT2D eigenvalue weighted by Crippen LogP contribution is 2.43. The van der Waals surface area contributed by atoms with E-state index in [1.807, 2.05) is 0 Å². The van der Waals surface area contributed by atoms with Crippen molar-refractivity contribution in [2.45, 2.75) is 5.37 Å². The molecule has 3 heterocycles. The number of hydrogen-bond acceptors (Lipinski definition) is 5. The number of nitrogens with zero attached hydrogens (tertiary/aromatic N) is 5. The molecule has 116 valence electrons. The van der Waals surface area contributed by atoms with Crippen LogP contribution in [0, 0.1) is 0 Å². The Morgan fingerprint density at radius 3 is 2.78 bits per heavy atom. The minimum Gasteiger partial charge on any atom is -0.272 e. The number of halogens is 2. The highest BCUT2D eigenvalue weighted by molar-refractivity contribution is 8.00. The van der Waals surface area contributed by atoms with Gasteiger partial charge in [0.05, 0.1) is 11.9 Å². The van der Waals surface area contributed by atoms with E-state index < -0.39 is 0 Å². The minimum absolute atomic E-state index is 0.0612. The molecular formula is C14H9Cl2N5OS. The first-order valence-corrected chi connectivity index (χ1v) is 8.48. The SMILES string of the molecule is O=C1CSC(c2c(Cl)cccc2Cl)N1n1cnc2cncnc21. The molecule has 9 heteroatoms. The van der Waals surface area contributed by atoms with Gasteiger partial charge in [0.2, 0.25) is 0 Å². The molecule has 3 aromatic rings. The molecule has 23 heavy (non-hydrogen) atoms. The zero-order chi connectivity index (χ0) is 16.0. The fourth-order valence-corrected chi connectivity index (χ4v) is 4.46. The van der Waals surface area contributed by atoms with Gasteiger partial charge in [-0.15, -0.1) is 11.8 Å². The van der Waals surface area contributed by atoms with Crippen LogP contribution in [-0.2, 0) is 4.79 Å². The maximum Gasteiger partial charge on any atom is 0.252 e. The van der Waals surface area contributed by atoms with Crippen LogP contribution >= 0.6 is 35.0 Å². The number of fused-ring (bicyclic) bond motifs is 1. The molecule has 1 saturated heterocycles. The zero-order valence-corrected chi connectivity index (χ0v) is 13.9. The Morgan fingerprint density at radius 1 is 1.22 bits per heavy atom. The van der Waals surface area contributed by atoms with E-state index in [9.17, 15) is 4.79 Å². The molecule has 1 amide bonds. The summed E-state index contributed by atoms with van der Waals surface area (Å²) in [6, 6.07) is 5.30. The largest absolute Gasteiger partial charge is 0.272 e. The summed E-state index contributed by atoms with van der Waals surface area (Å²) in [4.78, 5) is 24.8. The van der Waals surface area contributed by atoms with E-state index in [4.69, 9.17) is 23.2 Å². The lowest BCUT2D eigenvalue weighted by Gasteiger charge is -2.26. The normalized spacial score (nSPS) is 18.1. The average molecular weight is 366 g/mol. The van der Waals surface area contributed by atoms with Crippen molar-refractivity contribution in [3.05, 3.63) is 52.7 Å². The number of carbonyl (C=O) groups excluding carboxylic acids is 1. The molecule has 0 N–H and O–H groups in total. The monoisotopic (exact) mass is 365 g/mol. The van der Waals surface area contributed by atoms with Gasteiger partial charge in [0.1, 0.15) is 23.5 Å². The summed E-state index contributed by atoms with van der Waals surface area (Å²) < 4.78 is 1.63. The van der Waals surface area contributed by atoms with Crippen LogP contribution < -0.4 is 5.01 Å². The average Bonchev–Trinajstić information content (AvgIpc) is 3.11. The Balaban J connectivity index is 1.87. The highest BCUT2D eigenvalue weighted by Gasteiger charge is 2.37. The summed E-state index contributed by atoms with van der Waals surface area (Å²) in [6.07, 6.45) is 4.58. The molecule has 0 aliphatic carbocycles. The van der Waals surface area contributed by atoms with Crippen LogP contribution in [0.3, 0.4) is 0 Å². The quantitative estimate of drug-likeness (QED) is 0.698. The van der Waals surface area contributed by atoms with Crippen LogP contribution in [0.25, 0.3) is 11.2 Å². The van der Waals surface area contributed by atoms with Crippen molar-refractivity contribution in [1.82, 2.24) is 19.6 Å². The molecule has 1 aromatic carbocycles. The van der Waals surface area contributed by atoms with Gasteiger partial charge in [0.15, 0.2) is 5.65 Å². The lowest BCUT2D eigenvalue weighted by Crippen LogP contribution is -2.38. The first-order chi connectivity index (χ1) is 11.2. The van der Waals surface area contributed by atoms with E-state index >= 15 is 0 Å². The molecule has 1 aliphatic heterocycles. The fourth-order valence-electron chi connectivity index (χ4n) is 2.52. The van der Waals surface area contributed by atoms with Gasteiger partial charge in [-0.25, -0.2) is 24.6 Å². The van der Waals surface area contributed by atoms with Crippen molar-refractivity contribution in [3.63, 3.8) is 0 Å². The molecule has 1 fully saturated rings. The van der Waals surface area contributed by atoms with Crippen LogP contribution in [-0.4, -0.2) is 31.3 Å². The van der Waals surface area contributed by atoms with Gasteiger partial charge in [0, 0.05) is 15.6 Å². The second-order valence-electron chi connectivity index (χ2n) is 4.86. The summed E-state index contributed by atoms with van der Waals surface area (Å²) in [5, 5.41) is 2.29. The summed E-state index contributed by atoms with van der Waals surface area (Å²) in [5.74, 6) is 0.269. The van der Waals surface area contributed by atoms with Crippen LogP contribution in [0.2, 0.25) is 10.0 Å². The van der Waals surface area contributed by atoms with Gasteiger partial charge < -0.3 is 0 Å². The van der Waals surface area contributed by atoms with Gasteiger partial charge in [0.25, 0.3) is 5.91 Å². The van der Waals surface area contributed by atoms with E-state index in [0.29, 0.717) is 32.5 Å². The third kappa shape index (κ3) is 2.36. The zero-order valence-electron chi connectivity index (χ0n) is 11.6. The fraction of sp³-hybridized carbons (Fsp3) is 0.143. The minimum atomic E-state index is -0.337. The van der Waals surface area contributed by atoms with Crippen LogP contribution in [0.5, 0.6) is 0 Å². The number of carbonyl (C=O) groups is 1. The van der Waals surface area contributed by atoms with E-state index in [0.717, 1.165) is 0 Å². The molecule has 1 unspecified atom stereocenters. The second kappa shape index (κ2) is 5.67. The van der Waals surface area contributed by atoms with Crippen LogP contribution in [0.4, 0.5) is 0 Å². The number of imidazole rings is 1. The van der Waals surface area contributed by atoms with Crippen molar-refractivity contribution in [3.8, 4) is 0 Å². The maximum absolute atomic E-state index is 12.4. The van der Waals surface area contributed by atoms with E-state index in [-0.39, 0.29) is 11.3 Å². The third-order valence-corrected chi connectivity index (χ3v) is 5.34. The smallest absolute Gasteiger partial charge is 0.252 e. The maximum atomic E-state index is 12.4. The highest BCUT2D eigenvalue weighted by atomic mass is 35.5. The molecule has 0 spiro atoms. The van der Waals surface area contributed by atoms with Crippen molar-refractivity contribution in [1.29, 1.82) is 0 Å². The van der Waals surface area contributed by atoms with Crippen molar-refractivity contribution in [2.75, 3.05) is 10.8 Å². The number of amides is 1. The third-order valence-electron chi connectivity index (χ3n) is 3.52. The standard InChI is InChI=1S/C14H9Cl2N5OS/c15-8-2-1-3-9(16)12(8)14-21(11(22)5-23-14)20-7-19-10-4-17-6-18-13(10)20/h1-4,6-7,14H,5H2. The van der Waals surface area contributed by atoms with Gasteiger partial charge in [-0.3, -0.25) is 4.79 Å². The first-order valence-electron chi connectivity index (χ1n) is 6.68. The Bertz CT molecular complexity index is 895. The van der Waals surface area contributed by atoms with E-state index in [1.165, 1.54) is 18.1 Å². The topological polar surface area (TPSA) is 63.9 Å². The number of rotatable bonds is 2. The summed E-state index contributed by atoms with van der Waals surface area (Å²) in [5.41, 5.74) is 1.88. The number of hydrogen-bond donors (Lipinski definition) is 0. The van der Waals surface area contributed by atoms with E-state index in [1.54, 1.807) is 40.4 Å². The Labute approximate surface area is 145 Å². The predicted octanol–water partition coefficient (Wildman–Crippen LogP) is 3.04. The Hall–Kier alpha value is -1.83.